The number of amides is 3. The van der Waals surface area contributed by atoms with Crippen LogP contribution in [0, 0.1) is 0 Å². The molecule has 3 amide bonds. The van der Waals surface area contributed by atoms with Gasteiger partial charge in [0.2, 0.25) is 5.91 Å². The van der Waals surface area contributed by atoms with Crippen molar-refractivity contribution >= 4 is 46.8 Å². The highest BCUT2D eigenvalue weighted by atomic mass is 32.2. The van der Waals surface area contributed by atoms with Crippen LogP contribution in [0.4, 0.5) is 4.79 Å². The Labute approximate surface area is 148 Å². The van der Waals surface area contributed by atoms with Crippen LogP contribution in [0.3, 0.4) is 0 Å². The van der Waals surface area contributed by atoms with Crippen LogP contribution < -0.4 is 10.6 Å². The number of carbonyl (C=O) groups is 2. The monoisotopic (exact) mass is 372 g/mol. The quantitative estimate of drug-likeness (QED) is 0.565. The van der Waals surface area contributed by atoms with Gasteiger partial charge in [-0.1, -0.05) is 59.9 Å². The average Bonchev–Trinajstić information content (AvgIpc) is 3.14. The molecule has 2 N–H and O–H groups in total. The number of hydrogen-bond acceptors (Lipinski definition) is 7. The summed E-state index contributed by atoms with van der Waals surface area (Å²) < 4.78 is 1.58. The van der Waals surface area contributed by atoms with Gasteiger partial charge in [0.05, 0.1) is 5.75 Å². The maximum Gasteiger partial charge on any atom is 0.321 e. The molecule has 0 saturated heterocycles. The Morgan fingerprint density at radius 1 is 1.22 bits per heavy atom. The molecule has 1 heterocycles. The number of aromatic nitrogens is 2. The Bertz CT molecular complexity index is 570. The fraction of sp³-hybridized carbons (Fsp3) is 0.571. The fourth-order valence-corrected chi connectivity index (χ4v) is 4.74. The van der Waals surface area contributed by atoms with Gasteiger partial charge in [-0.3, -0.25) is 10.1 Å². The number of thioether (sulfide) groups is 2. The van der Waals surface area contributed by atoms with Crippen LogP contribution in [0.25, 0.3) is 0 Å². The van der Waals surface area contributed by atoms with Crippen molar-refractivity contribution in [3.8, 4) is 0 Å². The number of nitrogens with one attached hydrogen (secondary N) is 2. The molecule has 9 heteroatoms. The minimum atomic E-state index is -0.405. The summed E-state index contributed by atoms with van der Waals surface area (Å²) in [6.07, 6.45) is 4.26. The molecule has 0 aliphatic heterocycles. The van der Waals surface area contributed by atoms with E-state index < -0.39 is 6.03 Å². The van der Waals surface area contributed by atoms with Gasteiger partial charge in [-0.2, -0.15) is 0 Å². The Hall–Kier alpha value is -1.06. The summed E-state index contributed by atoms with van der Waals surface area (Å²) in [6, 6.07) is -0.205. The first kappa shape index (κ1) is 18.3. The van der Waals surface area contributed by atoms with E-state index in [2.05, 4.69) is 27.4 Å². The molecule has 1 saturated carbocycles. The van der Waals surface area contributed by atoms with E-state index in [0.29, 0.717) is 0 Å². The zero-order valence-corrected chi connectivity index (χ0v) is 15.4. The molecular weight excluding hydrogens is 352 g/mol. The summed E-state index contributed by atoms with van der Waals surface area (Å²) in [5, 5.41) is 13.3. The Morgan fingerprint density at radius 3 is 2.43 bits per heavy atom. The second-order valence-corrected chi connectivity index (χ2v) is 8.79. The van der Waals surface area contributed by atoms with Crippen molar-refractivity contribution in [2.24, 2.45) is 0 Å². The Kier molecular flexibility index (Phi) is 7.38. The number of carbonyl (C=O) groups excluding carboxylic acids is 2. The molecule has 1 aromatic heterocycles. The molecule has 0 radical (unpaired) electrons. The zero-order valence-electron chi connectivity index (χ0n) is 13.0. The third-order valence-corrected chi connectivity index (χ3v) is 6.52. The predicted molar refractivity (Wildman–Crippen MR) is 95.1 cm³/mol. The molecule has 0 atom stereocenters. The van der Waals surface area contributed by atoms with Gasteiger partial charge in [0.25, 0.3) is 0 Å². The normalized spacial score (nSPS) is 14.7. The summed E-state index contributed by atoms with van der Waals surface area (Å²) in [4.78, 5) is 23.5. The van der Waals surface area contributed by atoms with Crippen LogP contribution in [0.5, 0.6) is 0 Å². The van der Waals surface area contributed by atoms with Gasteiger partial charge in [0.15, 0.2) is 8.68 Å². The molecule has 0 spiro atoms. The van der Waals surface area contributed by atoms with Crippen molar-refractivity contribution in [2.45, 2.75) is 47.3 Å². The van der Waals surface area contributed by atoms with Crippen LogP contribution in [0.2, 0.25) is 0 Å². The van der Waals surface area contributed by atoms with E-state index in [4.69, 9.17) is 0 Å². The lowest BCUT2D eigenvalue weighted by molar-refractivity contribution is -0.117. The van der Waals surface area contributed by atoms with E-state index in [-0.39, 0.29) is 17.7 Å². The minimum absolute atomic E-state index is 0.151. The lowest BCUT2D eigenvalue weighted by Gasteiger charge is -2.11. The topological polar surface area (TPSA) is 84.0 Å². The van der Waals surface area contributed by atoms with Crippen LogP contribution >= 0.6 is 34.9 Å². The van der Waals surface area contributed by atoms with Crippen LogP contribution in [0.15, 0.2) is 20.8 Å². The molecule has 126 valence electrons. The standard InChI is InChI=1S/C14H20N4O2S3/c1-9(2)7-21-13-17-18-14(23-13)22-8-11(19)16-12(20)15-10-5-3-4-6-10/h10H,1,3-8H2,2H3,(H2,15,16,19,20). The van der Waals surface area contributed by atoms with Gasteiger partial charge in [-0.15, -0.1) is 10.2 Å². The second-order valence-electron chi connectivity index (χ2n) is 5.37. The fourth-order valence-electron chi connectivity index (χ4n) is 2.08. The maximum atomic E-state index is 11.8. The van der Waals surface area contributed by atoms with Crippen LogP contribution in [-0.2, 0) is 4.79 Å². The van der Waals surface area contributed by atoms with Crippen molar-refractivity contribution < 1.29 is 9.59 Å². The average molecular weight is 373 g/mol. The van der Waals surface area contributed by atoms with E-state index in [9.17, 15) is 9.59 Å². The highest BCUT2D eigenvalue weighted by Gasteiger charge is 2.18. The van der Waals surface area contributed by atoms with E-state index in [0.717, 1.165) is 45.7 Å². The summed E-state index contributed by atoms with van der Waals surface area (Å²) >= 11 is 4.31. The Balaban J connectivity index is 1.67. The third-order valence-electron chi connectivity index (χ3n) is 3.10. The molecule has 1 aliphatic carbocycles. The molecule has 0 bridgehead atoms. The highest BCUT2D eigenvalue weighted by Crippen LogP contribution is 2.29. The van der Waals surface area contributed by atoms with E-state index >= 15 is 0 Å². The van der Waals surface area contributed by atoms with Crippen LogP contribution in [-0.4, -0.2) is 39.7 Å². The Morgan fingerprint density at radius 2 is 1.83 bits per heavy atom. The SMILES string of the molecule is C=C(C)CSc1nnc(SCC(=O)NC(=O)NC2CCCC2)s1. The molecule has 1 aromatic rings. The lowest BCUT2D eigenvalue weighted by atomic mass is 10.2. The van der Waals surface area contributed by atoms with Crippen molar-refractivity contribution in [3.63, 3.8) is 0 Å². The largest absolute Gasteiger partial charge is 0.335 e. The maximum absolute atomic E-state index is 11.8. The van der Waals surface area contributed by atoms with Gasteiger partial charge in [0, 0.05) is 11.8 Å². The third kappa shape index (κ3) is 6.92. The summed E-state index contributed by atoms with van der Waals surface area (Å²) in [5.74, 6) is 0.635. The molecule has 2 rings (SSSR count). The van der Waals surface area contributed by atoms with E-state index in [1.165, 1.54) is 23.1 Å². The van der Waals surface area contributed by atoms with Crippen molar-refractivity contribution in [1.82, 2.24) is 20.8 Å². The van der Waals surface area contributed by atoms with Crippen molar-refractivity contribution in [2.75, 3.05) is 11.5 Å². The van der Waals surface area contributed by atoms with Gasteiger partial charge in [-0.05, 0) is 19.8 Å². The first-order chi connectivity index (χ1) is 11.0. The zero-order chi connectivity index (χ0) is 16.7. The molecule has 1 aliphatic rings. The van der Waals surface area contributed by atoms with Crippen LogP contribution in [0.1, 0.15) is 32.6 Å². The van der Waals surface area contributed by atoms with Gasteiger partial charge in [0.1, 0.15) is 0 Å². The first-order valence-corrected chi connectivity index (χ1v) is 10.2. The number of imide groups is 1. The van der Waals surface area contributed by atoms with E-state index in [1.54, 1.807) is 11.8 Å². The number of nitrogens with zero attached hydrogens (tertiary/aromatic N) is 2. The predicted octanol–water partition coefficient (Wildman–Crippen LogP) is 3.07. The first-order valence-electron chi connectivity index (χ1n) is 7.37. The summed E-state index contributed by atoms with van der Waals surface area (Å²) in [5.41, 5.74) is 1.08. The molecule has 1 fully saturated rings. The summed E-state index contributed by atoms with van der Waals surface area (Å²) in [7, 11) is 0. The number of rotatable bonds is 7. The lowest BCUT2D eigenvalue weighted by Crippen LogP contribution is -2.44. The number of urea groups is 1. The van der Waals surface area contributed by atoms with Crippen molar-refractivity contribution in [3.05, 3.63) is 12.2 Å². The van der Waals surface area contributed by atoms with Gasteiger partial charge < -0.3 is 5.32 Å². The molecule has 0 aromatic carbocycles. The molecule has 0 unspecified atom stereocenters. The smallest absolute Gasteiger partial charge is 0.321 e. The second kappa shape index (κ2) is 9.29. The molecule has 23 heavy (non-hydrogen) atoms. The van der Waals surface area contributed by atoms with E-state index in [1.807, 2.05) is 6.92 Å². The number of hydrogen-bond donors (Lipinski definition) is 2. The molecule has 6 nitrogen and oxygen atoms in total. The molecular formula is C14H20N4O2S3. The highest BCUT2D eigenvalue weighted by molar-refractivity contribution is 8.03. The minimum Gasteiger partial charge on any atom is -0.335 e. The summed E-state index contributed by atoms with van der Waals surface area (Å²) in [6.45, 7) is 5.80. The van der Waals surface area contributed by atoms with Crippen molar-refractivity contribution in [1.29, 1.82) is 0 Å². The van der Waals surface area contributed by atoms with Gasteiger partial charge in [-0.25, -0.2) is 4.79 Å². The van der Waals surface area contributed by atoms with Gasteiger partial charge >= 0.3 is 6.03 Å².